The Bertz CT molecular complexity index is 566. The number of primary sulfonamides is 1. The van der Waals surface area contributed by atoms with E-state index in [4.69, 9.17) is 9.88 Å². The Balaban J connectivity index is 1.99. The lowest BCUT2D eigenvalue weighted by Gasteiger charge is -2.20. The van der Waals surface area contributed by atoms with Gasteiger partial charge >= 0.3 is 0 Å². The number of ether oxygens (including phenoxy) is 1. The molecule has 112 valence electrons. The van der Waals surface area contributed by atoms with E-state index in [9.17, 15) is 8.42 Å². The van der Waals surface area contributed by atoms with E-state index < -0.39 is 10.0 Å². The van der Waals surface area contributed by atoms with Crippen LogP contribution in [0.4, 0.5) is 0 Å². The van der Waals surface area contributed by atoms with Crippen LogP contribution >= 0.6 is 0 Å². The van der Waals surface area contributed by atoms with E-state index in [1.54, 1.807) is 0 Å². The summed E-state index contributed by atoms with van der Waals surface area (Å²) in [5.41, 5.74) is 2.76. The van der Waals surface area contributed by atoms with Gasteiger partial charge in [0.2, 0.25) is 10.0 Å². The van der Waals surface area contributed by atoms with Crippen LogP contribution in [0.5, 0.6) is 5.75 Å². The van der Waals surface area contributed by atoms with Gasteiger partial charge in [-0.1, -0.05) is 19.9 Å². The van der Waals surface area contributed by atoms with Gasteiger partial charge in [-0.2, -0.15) is 0 Å². The van der Waals surface area contributed by atoms with Crippen LogP contribution in [-0.2, 0) is 22.9 Å². The number of aryl methyl sites for hydroxylation is 2. The van der Waals surface area contributed by atoms with Gasteiger partial charge in [-0.15, -0.1) is 0 Å². The molecule has 0 saturated heterocycles. The Morgan fingerprint density at radius 3 is 2.60 bits per heavy atom. The molecule has 1 aliphatic rings. The number of hydrogen-bond acceptors (Lipinski definition) is 3. The van der Waals surface area contributed by atoms with E-state index in [0.29, 0.717) is 6.61 Å². The maximum Gasteiger partial charge on any atom is 0.209 e. The van der Waals surface area contributed by atoms with Crippen molar-refractivity contribution in [1.29, 1.82) is 0 Å². The second kappa shape index (κ2) is 6.14. The SMILES string of the molecule is CC(C)C(COc1ccc2c(c1)CCC2)CS(N)(=O)=O. The van der Waals surface area contributed by atoms with Crippen LogP contribution in [0.25, 0.3) is 0 Å². The van der Waals surface area contributed by atoms with Crippen molar-refractivity contribution in [2.75, 3.05) is 12.4 Å². The molecule has 0 spiro atoms. The predicted octanol–water partition coefficient (Wildman–Crippen LogP) is 2.11. The fraction of sp³-hybridized carbons (Fsp3) is 0.600. The molecule has 4 nitrogen and oxygen atoms in total. The highest BCUT2D eigenvalue weighted by Crippen LogP contribution is 2.26. The summed E-state index contributed by atoms with van der Waals surface area (Å²) in [7, 11) is -3.46. The van der Waals surface area contributed by atoms with Crippen LogP contribution in [0.15, 0.2) is 18.2 Å². The number of rotatable bonds is 6. The van der Waals surface area contributed by atoms with E-state index in [1.165, 1.54) is 17.5 Å². The topological polar surface area (TPSA) is 69.4 Å². The molecule has 0 aromatic heterocycles. The Morgan fingerprint density at radius 2 is 1.95 bits per heavy atom. The van der Waals surface area contributed by atoms with Crippen LogP contribution in [0.3, 0.4) is 0 Å². The van der Waals surface area contributed by atoms with Gasteiger partial charge in [0.1, 0.15) is 5.75 Å². The Morgan fingerprint density at radius 1 is 1.25 bits per heavy atom. The van der Waals surface area contributed by atoms with Gasteiger partial charge in [0, 0.05) is 5.92 Å². The molecule has 1 unspecified atom stereocenters. The third kappa shape index (κ3) is 4.21. The van der Waals surface area contributed by atoms with Crippen molar-refractivity contribution < 1.29 is 13.2 Å². The maximum absolute atomic E-state index is 11.2. The lowest BCUT2D eigenvalue weighted by Crippen LogP contribution is -2.30. The Labute approximate surface area is 121 Å². The molecule has 20 heavy (non-hydrogen) atoms. The number of fused-ring (bicyclic) bond motifs is 1. The smallest absolute Gasteiger partial charge is 0.209 e. The van der Waals surface area contributed by atoms with Crippen LogP contribution in [-0.4, -0.2) is 20.8 Å². The average molecular weight is 297 g/mol. The first-order valence-electron chi connectivity index (χ1n) is 7.10. The van der Waals surface area contributed by atoms with Crippen LogP contribution in [0.2, 0.25) is 0 Å². The third-order valence-corrected chi connectivity index (χ3v) is 4.82. The minimum absolute atomic E-state index is 0.0321. The molecular formula is C15H23NO3S. The lowest BCUT2D eigenvalue weighted by atomic mass is 9.99. The molecule has 1 aromatic rings. The number of benzene rings is 1. The highest BCUT2D eigenvalue weighted by molar-refractivity contribution is 7.89. The molecule has 2 N–H and O–H groups in total. The van der Waals surface area contributed by atoms with E-state index in [-0.39, 0.29) is 17.6 Å². The second-order valence-electron chi connectivity index (χ2n) is 5.93. The van der Waals surface area contributed by atoms with Crippen molar-refractivity contribution in [3.8, 4) is 5.75 Å². The molecule has 1 atom stereocenters. The molecule has 1 aliphatic carbocycles. The molecule has 0 amide bonds. The van der Waals surface area contributed by atoms with Crippen molar-refractivity contribution in [1.82, 2.24) is 0 Å². The summed E-state index contributed by atoms with van der Waals surface area (Å²) in [5.74, 6) is 0.919. The molecule has 0 aliphatic heterocycles. The van der Waals surface area contributed by atoms with Gasteiger partial charge in [-0.3, -0.25) is 0 Å². The van der Waals surface area contributed by atoms with E-state index in [0.717, 1.165) is 18.6 Å². The zero-order chi connectivity index (χ0) is 14.8. The van der Waals surface area contributed by atoms with Crippen LogP contribution in [0.1, 0.15) is 31.4 Å². The first kappa shape index (κ1) is 15.3. The second-order valence-corrected chi connectivity index (χ2v) is 7.59. The molecule has 0 saturated carbocycles. The summed E-state index contributed by atoms with van der Waals surface area (Å²) < 4.78 is 28.2. The van der Waals surface area contributed by atoms with Gasteiger partial charge in [0.25, 0.3) is 0 Å². The van der Waals surface area contributed by atoms with Crippen molar-refractivity contribution in [3.05, 3.63) is 29.3 Å². The van der Waals surface area contributed by atoms with Gasteiger partial charge in [0.05, 0.1) is 12.4 Å². The van der Waals surface area contributed by atoms with Crippen molar-refractivity contribution in [2.45, 2.75) is 33.1 Å². The average Bonchev–Trinajstić information content (AvgIpc) is 2.80. The summed E-state index contributed by atoms with van der Waals surface area (Å²) in [6, 6.07) is 6.16. The summed E-state index contributed by atoms with van der Waals surface area (Å²) in [5, 5.41) is 5.13. The standard InChI is InChI=1S/C15H23NO3S/c1-11(2)14(10-20(16,17)18)9-19-15-7-6-12-4-3-5-13(12)8-15/h6-8,11,14H,3-5,9-10H2,1-2H3,(H2,16,17,18). The summed E-state index contributed by atoms with van der Waals surface area (Å²) in [6.07, 6.45) is 3.46. The number of nitrogens with two attached hydrogens (primary N) is 1. The van der Waals surface area contributed by atoms with Gasteiger partial charge < -0.3 is 4.74 Å². The zero-order valence-electron chi connectivity index (χ0n) is 12.1. The van der Waals surface area contributed by atoms with Gasteiger partial charge in [-0.25, -0.2) is 13.6 Å². The molecule has 5 heteroatoms. The van der Waals surface area contributed by atoms with Gasteiger partial charge in [-0.05, 0) is 48.4 Å². The van der Waals surface area contributed by atoms with Crippen LogP contribution in [0, 0.1) is 11.8 Å². The van der Waals surface area contributed by atoms with E-state index >= 15 is 0 Å². The summed E-state index contributed by atoms with van der Waals surface area (Å²) in [4.78, 5) is 0. The summed E-state index contributed by atoms with van der Waals surface area (Å²) in [6.45, 7) is 4.36. The van der Waals surface area contributed by atoms with Crippen molar-refractivity contribution in [3.63, 3.8) is 0 Å². The van der Waals surface area contributed by atoms with Crippen molar-refractivity contribution in [2.24, 2.45) is 17.0 Å². The molecule has 2 rings (SSSR count). The predicted molar refractivity (Wildman–Crippen MR) is 80.3 cm³/mol. The minimum Gasteiger partial charge on any atom is -0.493 e. The first-order valence-corrected chi connectivity index (χ1v) is 8.82. The summed E-state index contributed by atoms with van der Waals surface area (Å²) >= 11 is 0. The molecule has 0 bridgehead atoms. The number of sulfonamides is 1. The van der Waals surface area contributed by atoms with Gasteiger partial charge in [0.15, 0.2) is 0 Å². The zero-order valence-corrected chi connectivity index (χ0v) is 12.9. The lowest BCUT2D eigenvalue weighted by molar-refractivity contribution is 0.224. The largest absolute Gasteiger partial charge is 0.493 e. The highest BCUT2D eigenvalue weighted by atomic mass is 32.2. The minimum atomic E-state index is -3.46. The molecule has 0 radical (unpaired) electrons. The molecule has 0 fully saturated rings. The first-order chi connectivity index (χ1) is 9.35. The maximum atomic E-state index is 11.2. The Kier molecular flexibility index (Phi) is 4.70. The monoisotopic (exact) mass is 297 g/mol. The fourth-order valence-corrected chi connectivity index (χ4v) is 3.65. The van der Waals surface area contributed by atoms with Crippen molar-refractivity contribution >= 4 is 10.0 Å². The van der Waals surface area contributed by atoms with E-state index in [2.05, 4.69) is 12.1 Å². The highest BCUT2D eigenvalue weighted by Gasteiger charge is 2.20. The number of hydrogen-bond donors (Lipinski definition) is 1. The van der Waals surface area contributed by atoms with E-state index in [1.807, 2.05) is 19.9 Å². The quantitative estimate of drug-likeness (QED) is 0.874. The molecular weight excluding hydrogens is 274 g/mol. The molecule has 0 heterocycles. The van der Waals surface area contributed by atoms with Crippen LogP contribution < -0.4 is 9.88 Å². The normalized spacial score (nSPS) is 16.2. The Hall–Kier alpha value is -1.07. The molecule has 1 aromatic carbocycles. The third-order valence-electron chi connectivity index (χ3n) is 3.92. The fourth-order valence-electron chi connectivity index (χ4n) is 2.57.